The molecule has 0 bridgehead atoms. The van der Waals surface area contributed by atoms with Gasteiger partial charge in [0.2, 0.25) is 0 Å². The van der Waals surface area contributed by atoms with Gasteiger partial charge in [0.25, 0.3) is 0 Å². The summed E-state index contributed by atoms with van der Waals surface area (Å²) < 4.78 is 30.6. The van der Waals surface area contributed by atoms with E-state index in [1.54, 1.807) is 25.3 Å². The summed E-state index contributed by atoms with van der Waals surface area (Å²) in [5.41, 5.74) is 6.59. The number of hydrogen-bond donors (Lipinski definition) is 1. The molecule has 0 aliphatic carbocycles. The summed E-state index contributed by atoms with van der Waals surface area (Å²) in [6.07, 6.45) is 0. The number of hydrogen-bond acceptors (Lipinski definition) is 4. The highest BCUT2D eigenvalue weighted by Crippen LogP contribution is 2.28. The second kappa shape index (κ2) is 6.25. The summed E-state index contributed by atoms with van der Waals surface area (Å²) in [6, 6.07) is 9.44. The Morgan fingerprint density at radius 1 is 1.24 bits per heavy atom. The summed E-state index contributed by atoms with van der Waals surface area (Å²) in [4.78, 5) is 0.147. The van der Waals surface area contributed by atoms with Gasteiger partial charge in [-0.3, -0.25) is 0 Å². The van der Waals surface area contributed by atoms with Crippen LogP contribution in [-0.4, -0.2) is 15.5 Å². The number of nitrogen functional groups attached to an aromatic ring is 1. The number of benzene rings is 2. The van der Waals surface area contributed by atoms with Crippen LogP contribution in [0.5, 0.6) is 5.75 Å². The van der Waals surface area contributed by atoms with Gasteiger partial charge in [0, 0.05) is 0 Å². The number of anilines is 1. The Kier molecular flexibility index (Phi) is 4.81. The van der Waals surface area contributed by atoms with Crippen molar-refractivity contribution < 1.29 is 13.2 Å². The maximum absolute atomic E-state index is 12.4. The van der Waals surface area contributed by atoms with Crippen LogP contribution in [0, 0.1) is 0 Å². The highest BCUT2D eigenvalue weighted by atomic mass is 79.9. The summed E-state index contributed by atoms with van der Waals surface area (Å²) in [7, 11) is -1.94. The third kappa shape index (κ3) is 3.70. The van der Waals surface area contributed by atoms with E-state index < -0.39 is 9.84 Å². The lowest BCUT2D eigenvalue weighted by molar-refractivity contribution is 0.412. The van der Waals surface area contributed by atoms with E-state index in [2.05, 4.69) is 15.9 Å². The van der Waals surface area contributed by atoms with Gasteiger partial charge in [0.15, 0.2) is 9.84 Å². The van der Waals surface area contributed by atoms with Crippen molar-refractivity contribution in [3.05, 3.63) is 51.5 Å². The van der Waals surface area contributed by atoms with Crippen molar-refractivity contribution in [1.82, 2.24) is 0 Å². The maximum atomic E-state index is 12.4. The van der Waals surface area contributed by atoms with E-state index in [4.69, 9.17) is 22.1 Å². The first-order valence-electron chi connectivity index (χ1n) is 5.93. The third-order valence-electron chi connectivity index (χ3n) is 2.90. The van der Waals surface area contributed by atoms with Crippen LogP contribution in [0.4, 0.5) is 5.69 Å². The number of rotatable bonds is 4. The van der Waals surface area contributed by atoms with E-state index in [1.165, 1.54) is 18.2 Å². The van der Waals surface area contributed by atoms with Crippen LogP contribution in [0.2, 0.25) is 5.02 Å². The van der Waals surface area contributed by atoms with Gasteiger partial charge in [-0.05, 0) is 51.8 Å². The molecule has 7 heteroatoms. The highest BCUT2D eigenvalue weighted by molar-refractivity contribution is 9.10. The maximum Gasteiger partial charge on any atom is 0.182 e. The van der Waals surface area contributed by atoms with Gasteiger partial charge in [-0.2, -0.15) is 0 Å². The summed E-state index contributed by atoms with van der Waals surface area (Å²) in [5, 5.41) is 0.229. The van der Waals surface area contributed by atoms with Gasteiger partial charge < -0.3 is 10.5 Å². The largest absolute Gasteiger partial charge is 0.496 e. The fourth-order valence-electron chi connectivity index (χ4n) is 1.80. The Morgan fingerprint density at radius 3 is 2.52 bits per heavy atom. The molecule has 0 radical (unpaired) electrons. The Hall–Kier alpha value is -1.24. The molecule has 0 aliphatic rings. The van der Waals surface area contributed by atoms with Crippen molar-refractivity contribution in [3.8, 4) is 5.75 Å². The minimum atomic E-state index is -3.49. The molecule has 4 nitrogen and oxygen atoms in total. The molecule has 0 spiro atoms. The molecule has 112 valence electrons. The van der Waals surface area contributed by atoms with Crippen molar-refractivity contribution in [1.29, 1.82) is 0 Å². The molecule has 0 aromatic heterocycles. The Morgan fingerprint density at radius 2 is 1.95 bits per heavy atom. The molecule has 0 unspecified atom stereocenters. The summed E-state index contributed by atoms with van der Waals surface area (Å²) in [6.45, 7) is 0. The molecule has 0 heterocycles. The first kappa shape index (κ1) is 16.1. The Bertz CT molecular complexity index is 778. The predicted octanol–water partition coefficient (Wildman–Crippen LogP) is 3.67. The van der Waals surface area contributed by atoms with Gasteiger partial charge in [-0.15, -0.1) is 0 Å². The lowest BCUT2D eigenvalue weighted by Crippen LogP contribution is -2.05. The van der Waals surface area contributed by atoms with E-state index in [-0.39, 0.29) is 15.7 Å². The number of ether oxygens (including phenoxy) is 1. The molecular formula is C14H13BrClNO3S. The zero-order valence-electron chi connectivity index (χ0n) is 11.1. The van der Waals surface area contributed by atoms with Crippen LogP contribution in [0.15, 0.2) is 45.8 Å². The normalized spacial score (nSPS) is 11.4. The van der Waals surface area contributed by atoms with E-state index in [0.717, 1.165) is 0 Å². The third-order valence-corrected chi connectivity index (χ3v) is 5.54. The van der Waals surface area contributed by atoms with Crippen LogP contribution >= 0.6 is 27.5 Å². The van der Waals surface area contributed by atoms with Gasteiger partial charge >= 0.3 is 0 Å². The molecule has 0 saturated heterocycles. The van der Waals surface area contributed by atoms with Crippen molar-refractivity contribution in [2.75, 3.05) is 12.8 Å². The fourth-order valence-corrected chi connectivity index (χ4v) is 3.99. The van der Waals surface area contributed by atoms with Gasteiger partial charge in [-0.1, -0.05) is 17.7 Å². The molecule has 0 fully saturated rings. The summed E-state index contributed by atoms with van der Waals surface area (Å²) >= 11 is 9.21. The molecule has 0 amide bonds. The van der Waals surface area contributed by atoms with Crippen LogP contribution in [0.25, 0.3) is 0 Å². The van der Waals surface area contributed by atoms with Crippen molar-refractivity contribution in [2.24, 2.45) is 0 Å². The number of halogens is 2. The smallest absolute Gasteiger partial charge is 0.182 e. The van der Waals surface area contributed by atoms with E-state index in [0.29, 0.717) is 21.5 Å². The molecule has 0 atom stereocenters. The molecule has 0 saturated carbocycles. The Labute approximate surface area is 136 Å². The molecule has 2 aromatic carbocycles. The van der Waals surface area contributed by atoms with Crippen LogP contribution < -0.4 is 10.5 Å². The van der Waals surface area contributed by atoms with Crippen molar-refractivity contribution >= 4 is 43.1 Å². The van der Waals surface area contributed by atoms with E-state index in [1.807, 2.05) is 0 Å². The first-order valence-corrected chi connectivity index (χ1v) is 8.76. The zero-order valence-corrected chi connectivity index (χ0v) is 14.3. The second-order valence-electron chi connectivity index (χ2n) is 4.41. The van der Waals surface area contributed by atoms with E-state index >= 15 is 0 Å². The number of nitrogens with two attached hydrogens (primary N) is 1. The first-order chi connectivity index (χ1) is 9.83. The number of sulfone groups is 1. The number of methoxy groups -OCH3 is 1. The summed E-state index contributed by atoms with van der Waals surface area (Å²) in [5.74, 6) is 0.516. The monoisotopic (exact) mass is 389 g/mol. The average molecular weight is 391 g/mol. The fraction of sp³-hybridized carbons (Fsp3) is 0.143. The minimum Gasteiger partial charge on any atom is -0.496 e. The van der Waals surface area contributed by atoms with Crippen molar-refractivity contribution in [2.45, 2.75) is 10.6 Å². The topological polar surface area (TPSA) is 69.4 Å². The van der Waals surface area contributed by atoms with Crippen LogP contribution in [0.1, 0.15) is 5.56 Å². The zero-order chi connectivity index (χ0) is 15.6. The molecule has 0 aliphatic heterocycles. The second-order valence-corrected chi connectivity index (χ2v) is 7.66. The highest BCUT2D eigenvalue weighted by Gasteiger charge is 2.17. The lowest BCUT2D eigenvalue weighted by atomic mass is 10.2. The molecular weight excluding hydrogens is 378 g/mol. The average Bonchev–Trinajstić information content (AvgIpc) is 2.41. The van der Waals surface area contributed by atoms with Gasteiger partial charge in [0.1, 0.15) is 5.75 Å². The van der Waals surface area contributed by atoms with Crippen LogP contribution in [-0.2, 0) is 15.6 Å². The lowest BCUT2D eigenvalue weighted by Gasteiger charge is -2.08. The van der Waals surface area contributed by atoms with Crippen LogP contribution in [0.3, 0.4) is 0 Å². The van der Waals surface area contributed by atoms with Gasteiger partial charge in [0.05, 0.1) is 32.9 Å². The molecule has 2 aromatic rings. The predicted molar refractivity (Wildman–Crippen MR) is 87.4 cm³/mol. The quantitative estimate of drug-likeness (QED) is 0.809. The van der Waals surface area contributed by atoms with Crippen molar-refractivity contribution in [3.63, 3.8) is 0 Å². The molecule has 2 N–H and O–H groups in total. The van der Waals surface area contributed by atoms with E-state index in [9.17, 15) is 8.42 Å². The molecule has 21 heavy (non-hydrogen) atoms. The Balaban J connectivity index is 2.32. The standard InChI is InChI=1S/C14H13BrClNO3S/c1-20-14-5-2-9(6-11(14)15)8-21(18,19)10-3-4-13(17)12(16)7-10/h2-7H,8,17H2,1H3. The SMILES string of the molecule is COc1ccc(CS(=O)(=O)c2ccc(N)c(Cl)c2)cc1Br. The van der Waals surface area contributed by atoms with Gasteiger partial charge in [-0.25, -0.2) is 8.42 Å². The minimum absolute atomic E-state index is 0.129. The molecule has 2 rings (SSSR count).